The number of methoxy groups -OCH3 is 1. The molecule has 110 valence electrons. The zero-order valence-electron chi connectivity index (χ0n) is 11.6. The van der Waals surface area contributed by atoms with Crippen molar-refractivity contribution in [3.8, 4) is 5.75 Å². The van der Waals surface area contributed by atoms with Gasteiger partial charge in [0.05, 0.1) is 19.3 Å². The van der Waals surface area contributed by atoms with E-state index >= 15 is 0 Å². The molecule has 0 spiro atoms. The van der Waals surface area contributed by atoms with Crippen LogP contribution in [0.1, 0.15) is 24.4 Å². The van der Waals surface area contributed by atoms with Crippen molar-refractivity contribution in [1.29, 1.82) is 0 Å². The van der Waals surface area contributed by atoms with E-state index in [1.54, 1.807) is 31.8 Å². The quantitative estimate of drug-likeness (QED) is 0.875. The molecule has 0 fully saturated rings. The van der Waals surface area contributed by atoms with Crippen molar-refractivity contribution in [1.82, 2.24) is 19.7 Å². The third kappa shape index (κ3) is 2.68. The second-order valence-corrected chi connectivity index (χ2v) is 6.05. The minimum atomic E-state index is -3.72. The Labute approximate surface area is 116 Å². The summed E-state index contributed by atoms with van der Waals surface area (Å²) in [5, 5.41) is 7.76. The molecule has 0 aliphatic rings. The molecule has 0 saturated heterocycles. The first-order valence-electron chi connectivity index (χ1n) is 5.86. The van der Waals surface area contributed by atoms with Gasteiger partial charge in [-0.15, -0.1) is 0 Å². The molecule has 2 aromatic heterocycles. The van der Waals surface area contributed by atoms with E-state index in [1.165, 1.54) is 7.11 Å². The van der Waals surface area contributed by atoms with Crippen molar-refractivity contribution in [2.24, 2.45) is 7.05 Å². The number of ether oxygens (including phenoxy) is 1. The molecule has 2 heterocycles. The number of aryl methyl sites for hydroxylation is 2. The third-order valence-electron chi connectivity index (χ3n) is 2.78. The van der Waals surface area contributed by atoms with Gasteiger partial charge in [0, 0.05) is 7.05 Å². The van der Waals surface area contributed by atoms with Gasteiger partial charge in [0.25, 0.3) is 0 Å². The maximum absolute atomic E-state index is 12.2. The summed E-state index contributed by atoms with van der Waals surface area (Å²) >= 11 is 0. The molecule has 1 atom stereocenters. The molecule has 8 nitrogen and oxygen atoms in total. The molecule has 0 radical (unpaired) electrons. The summed E-state index contributed by atoms with van der Waals surface area (Å²) in [6.45, 7) is 3.25. The van der Waals surface area contributed by atoms with E-state index in [2.05, 4.69) is 19.5 Å². The van der Waals surface area contributed by atoms with Gasteiger partial charge in [0.2, 0.25) is 10.0 Å². The fourth-order valence-electron chi connectivity index (χ4n) is 1.83. The maximum Gasteiger partial charge on any atom is 0.246 e. The summed E-state index contributed by atoms with van der Waals surface area (Å²) < 4.78 is 38.3. The van der Waals surface area contributed by atoms with Crippen LogP contribution in [-0.2, 0) is 17.1 Å². The number of aromatic nitrogens is 3. The van der Waals surface area contributed by atoms with E-state index in [1.807, 2.05) is 0 Å². The zero-order valence-corrected chi connectivity index (χ0v) is 12.4. The van der Waals surface area contributed by atoms with Crippen LogP contribution < -0.4 is 9.46 Å². The Bertz CT molecular complexity index is 704. The van der Waals surface area contributed by atoms with Crippen molar-refractivity contribution in [3.05, 3.63) is 23.8 Å². The Morgan fingerprint density at radius 3 is 2.75 bits per heavy atom. The largest absolute Gasteiger partial charge is 0.493 e. The third-order valence-corrected chi connectivity index (χ3v) is 4.41. The van der Waals surface area contributed by atoms with Gasteiger partial charge in [-0.3, -0.25) is 4.68 Å². The Morgan fingerprint density at radius 1 is 1.50 bits per heavy atom. The summed E-state index contributed by atoms with van der Waals surface area (Å²) in [7, 11) is -0.482. The lowest BCUT2D eigenvalue weighted by Gasteiger charge is -2.12. The van der Waals surface area contributed by atoms with E-state index in [9.17, 15) is 8.42 Å². The Morgan fingerprint density at radius 2 is 2.20 bits per heavy atom. The number of rotatable bonds is 5. The van der Waals surface area contributed by atoms with Crippen LogP contribution in [0.2, 0.25) is 0 Å². The molecular formula is C11H16N4O4S. The highest BCUT2D eigenvalue weighted by Gasteiger charge is 2.25. The molecule has 1 N–H and O–H groups in total. The predicted octanol–water partition coefficient (Wildman–Crippen LogP) is 0.765. The highest BCUT2D eigenvalue weighted by molar-refractivity contribution is 7.89. The Kier molecular flexibility index (Phi) is 3.82. The van der Waals surface area contributed by atoms with Crippen LogP contribution in [0, 0.1) is 6.92 Å². The molecule has 0 amide bonds. The molecule has 0 aromatic carbocycles. The van der Waals surface area contributed by atoms with Crippen molar-refractivity contribution in [3.63, 3.8) is 0 Å². The average Bonchev–Trinajstić information content (AvgIpc) is 2.94. The molecule has 2 rings (SSSR count). The monoisotopic (exact) mass is 300 g/mol. The minimum Gasteiger partial charge on any atom is -0.493 e. The summed E-state index contributed by atoms with van der Waals surface area (Å²) in [5.74, 6) is 0.518. The van der Waals surface area contributed by atoms with Gasteiger partial charge in [-0.05, 0) is 13.8 Å². The summed E-state index contributed by atoms with van der Waals surface area (Å²) in [6.07, 6.45) is 2.77. The van der Waals surface area contributed by atoms with Crippen LogP contribution in [0.25, 0.3) is 0 Å². The van der Waals surface area contributed by atoms with Crippen LogP contribution in [0.5, 0.6) is 5.75 Å². The second kappa shape index (κ2) is 5.25. The van der Waals surface area contributed by atoms with Crippen LogP contribution in [0.3, 0.4) is 0 Å². The molecule has 0 aliphatic carbocycles. The van der Waals surface area contributed by atoms with Gasteiger partial charge in [-0.2, -0.15) is 5.10 Å². The number of sulfonamides is 1. The topological polar surface area (TPSA) is 99.2 Å². The maximum atomic E-state index is 12.2. The van der Waals surface area contributed by atoms with Gasteiger partial charge in [-0.1, -0.05) is 5.16 Å². The molecule has 0 bridgehead atoms. The van der Waals surface area contributed by atoms with Crippen LogP contribution >= 0.6 is 0 Å². The van der Waals surface area contributed by atoms with E-state index in [0.717, 1.165) is 6.26 Å². The lowest BCUT2D eigenvalue weighted by Crippen LogP contribution is -2.27. The average molecular weight is 300 g/mol. The van der Waals surface area contributed by atoms with Gasteiger partial charge in [0.15, 0.2) is 5.75 Å². The molecular weight excluding hydrogens is 284 g/mol. The van der Waals surface area contributed by atoms with E-state index in [0.29, 0.717) is 17.1 Å². The zero-order chi connectivity index (χ0) is 14.9. The number of nitrogens with one attached hydrogen (secondary N) is 1. The fourth-order valence-corrected chi connectivity index (χ4v) is 3.13. The Hall–Kier alpha value is -1.87. The van der Waals surface area contributed by atoms with E-state index < -0.39 is 16.1 Å². The number of hydrogen-bond donors (Lipinski definition) is 1. The molecule has 2 aromatic rings. The van der Waals surface area contributed by atoms with Crippen LogP contribution in [0.15, 0.2) is 21.9 Å². The standard InChI is InChI=1S/C11H16N4O4S/c1-7-10(6-19-13-7)20(16,17)14-8(2)11-9(18-4)5-15(3)12-11/h5-6,8,14H,1-4H3. The number of nitrogens with zero attached hydrogens (tertiary/aromatic N) is 3. The molecule has 1 unspecified atom stereocenters. The van der Waals surface area contributed by atoms with Crippen molar-refractivity contribution < 1.29 is 17.7 Å². The van der Waals surface area contributed by atoms with E-state index in [-0.39, 0.29) is 4.90 Å². The van der Waals surface area contributed by atoms with Gasteiger partial charge in [0.1, 0.15) is 22.5 Å². The first kappa shape index (κ1) is 14.5. The van der Waals surface area contributed by atoms with Crippen LogP contribution in [0.4, 0.5) is 0 Å². The molecule has 20 heavy (non-hydrogen) atoms. The van der Waals surface area contributed by atoms with Gasteiger partial charge >= 0.3 is 0 Å². The van der Waals surface area contributed by atoms with Crippen molar-refractivity contribution in [2.75, 3.05) is 7.11 Å². The lowest BCUT2D eigenvalue weighted by molar-refractivity contribution is 0.405. The summed E-state index contributed by atoms with van der Waals surface area (Å²) in [4.78, 5) is 0.0132. The number of hydrogen-bond acceptors (Lipinski definition) is 6. The van der Waals surface area contributed by atoms with Crippen LogP contribution in [-0.4, -0.2) is 30.5 Å². The van der Waals surface area contributed by atoms with Gasteiger partial charge in [-0.25, -0.2) is 13.1 Å². The summed E-state index contributed by atoms with van der Waals surface area (Å²) in [6, 6.07) is -0.551. The first-order chi connectivity index (χ1) is 9.35. The molecule has 0 saturated carbocycles. The summed E-state index contributed by atoms with van der Waals surface area (Å²) in [5.41, 5.74) is 0.811. The molecule has 9 heteroatoms. The fraction of sp³-hybridized carbons (Fsp3) is 0.455. The smallest absolute Gasteiger partial charge is 0.246 e. The minimum absolute atomic E-state index is 0.0132. The SMILES string of the molecule is COc1cn(C)nc1C(C)NS(=O)(=O)c1conc1C. The Balaban J connectivity index is 2.27. The van der Waals surface area contributed by atoms with Gasteiger partial charge < -0.3 is 9.26 Å². The molecule has 0 aliphatic heterocycles. The van der Waals surface area contributed by atoms with Crippen molar-refractivity contribution in [2.45, 2.75) is 24.8 Å². The second-order valence-electron chi connectivity index (χ2n) is 4.36. The lowest BCUT2D eigenvalue weighted by atomic mass is 10.2. The predicted molar refractivity (Wildman–Crippen MR) is 69.7 cm³/mol. The first-order valence-corrected chi connectivity index (χ1v) is 7.34. The highest BCUT2D eigenvalue weighted by Crippen LogP contribution is 2.24. The normalized spacial score (nSPS) is 13.4. The van der Waals surface area contributed by atoms with E-state index in [4.69, 9.17) is 4.74 Å². The highest BCUT2D eigenvalue weighted by atomic mass is 32.2. The van der Waals surface area contributed by atoms with Crippen molar-refractivity contribution >= 4 is 10.0 Å².